The standard InChI is InChI=1S/C49H34N2O/c1-2-19-36(20-3-1)51-45-28-10-7-24-42(45)47-43(32-35-17-4-5-21-37(35)48(47)51)39-22-6-9-27-44(39)50-30-14-16-33-15-12-18-34(31-33)38-25-13-26-41-40-23-8-11-29-46(40)52-49(38)41/h1-15,17-32,50H,16H2/b30-14+. The number of para-hydroxylation sites is 5. The van der Waals surface area contributed by atoms with Crippen LogP contribution >= 0.6 is 0 Å². The molecule has 10 aromatic rings. The summed E-state index contributed by atoms with van der Waals surface area (Å²) in [5.41, 5.74) is 12.4. The predicted octanol–water partition coefficient (Wildman–Crippen LogP) is 13.3. The van der Waals surface area contributed by atoms with E-state index in [0.29, 0.717) is 0 Å². The van der Waals surface area contributed by atoms with E-state index in [1.54, 1.807) is 0 Å². The summed E-state index contributed by atoms with van der Waals surface area (Å²) in [6, 6.07) is 62.7. The van der Waals surface area contributed by atoms with Gasteiger partial charge in [-0.3, -0.25) is 0 Å². The maximum atomic E-state index is 6.35. The van der Waals surface area contributed by atoms with Crippen LogP contribution in [0.5, 0.6) is 0 Å². The molecule has 0 aliphatic rings. The zero-order valence-electron chi connectivity index (χ0n) is 28.5. The van der Waals surface area contributed by atoms with Crippen LogP contribution < -0.4 is 5.32 Å². The highest BCUT2D eigenvalue weighted by Gasteiger charge is 2.20. The molecular formula is C49H34N2O. The van der Waals surface area contributed by atoms with Gasteiger partial charge in [0.15, 0.2) is 0 Å². The van der Waals surface area contributed by atoms with Crippen LogP contribution in [-0.4, -0.2) is 4.57 Å². The van der Waals surface area contributed by atoms with Crippen LogP contribution in [-0.2, 0) is 6.42 Å². The van der Waals surface area contributed by atoms with Crippen molar-refractivity contribution in [2.45, 2.75) is 6.42 Å². The fourth-order valence-corrected chi connectivity index (χ4v) is 7.92. The number of fused-ring (bicyclic) bond motifs is 8. The lowest BCUT2D eigenvalue weighted by molar-refractivity contribution is 0.670. The van der Waals surface area contributed by atoms with E-state index < -0.39 is 0 Å². The average molecular weight is 667 g/mol. The van der Waals surface area contributed by atoms with Crippen LogP contribution in [0.3, 0.4) is 0 Å². The molecule has 0 saturated carbocycles. The molecule has 0 amide bonds. The van der Waals surface area contributed by atoms with Crippen LogP contribution in [0.15, 0.2) is 193 Å². The molecule has 0 spiro atoms. The summed E-state index contributed by atoms with van der Waals surface area (Å²) in [7, 11) is 0. The highest BCUT2D eigenvalue weighted by molar-refractivity contribution is 6.24. The van der Waals surface area contributed by atoms with E-state index in [9.17, 15) is 0 Å². The summed E-state index contributed by atoms with van der Waals surface area (Å²) in [5.74, 6) is 0. The van der Waals surface area contributed by atoms with Gasteiger partial charge in [-0.1, -0.05) is 146 Å². The first kappa shape index (κ1) is 30.0. The van der Waals surface area contributed by atoms with Gasteiger partial charge in [-0.2, -0.15) is 0 Å². The molecule has 1 N–H and O–H groups in total. The number of nitrogens with zero attached hydrogens (tertiary/aromatic N) is 1. The van der Waals surface area contributed by atoms with Crippen molar-refractivity contribution in [1.82, 2.24) is 4.57 Å². The molecule has 0 radical (unpaired) electrons. The highest BCUT2D eigenvalue weighted by atomic mass is 16.3. The molecule has 2 aromatic heterocycles. The first-order valence-corrected chi connectivity index (χ1v) is 17.8. The number of aromatic nitrogens is 1. The Hall–Kier alpha value is -6.84. The summed E-state index contributed by atoms with van der Waals surface area (Å²) in [4.78, 5) is 0. The third-order valence-electron chi connectivity index (χ3n) is 10.2. The van der Waals surface area contributed by atoms with Gasteiger partial charge in [0.2, 0.25) is 0 Å². The highest BCUT2D eigenvalue weighted by Crippen LogP contribution is 2.44. The lowest BCUT2D eigenvalue weighted by Crippen LogP contribution is -1.95. The van der Waals surface area contributed by atoms with Gasteiger partial charge >= 0.3 is 0 Å². The minimum Gasteiger partial charge on any atom is -0.455 e. The second kappa shape index (κ2) is 12.5. The van der Waals surface area contributed by atoms with Crippen LogP contribution in [0, 0.1) is 0 Å². The van der Waals surface area contributed by atoms with E-state index in [0.717, 1.165) is 50.9 Å². The van der Waals surface area contributed by atoms with Gasteiger partial charge < -0.3 is 14.3 Å². The van der Waals surface area contributed by atoms with Gasteiger partial charge in [-0.05, 0) is 71.1 Å². The molecule has 2 heterocycles. The average Bonchev–Trinajstić information content (AvgIpc) is 3.77. The molecule has 246 valence electrons. The van der Waals surface area contributed by atoms with E-state index in [2.05, 4.69) is 186 Å². The third-order valence-corrected chi connectivity index (χ3v) is 10.2. The molecule has 0 fully saturated rings. The van der Waals surface area contributed by atoms with E-state index in [1.165, 1.54) is 49.3 Å². The Kier molecular flexibility index (Phi) is 7.21. The summed E-state index contributed by atoms with van der Waals surface area (Å²) in [6.45, 7) is 0. The number of allylic oxidation sites excluding steroid dienone is 1. The summed E-state index contributed by atoms with van der Waals surface area (Å²) in [6.07, 6.45) is 5.08. The fraction of sp³-hybridized carbons (Fsp3) is 0.0204. The SMILES string of the molecule is C(=C\Nc1ccccc1-c1cc2ccccc2c2c1c1ccccc1n2-c1ccccc1)/Cc1cccc(-c2cccc3c2oc2ccccc23)c1. The normalized spacial score (nSPS) is 11.8. The van der Waals surface area contributed by atoms with E-state index in [-0.39, 0.29) is 0 Å². The van der Waals surface area contributed by atoms with Gasteiger partial charge in [0.1, 0.15) is 11.2 Å². The first-order valence-electron chi connectivity index (χ1n) is 17.8. The van der Waals surface area contributed by atoms with Crippen molar-refractivity contribution < 1.29 is 4.42 Å². The second-order valence-electron chi connectivity index (χ2n) is 13.3. The molecule has 0 atom stereocenters. The van der Waals surface area contributed by atoms with Crippen molar-refractivity contribution in [1.29, 1.82) is 0 Å². The Balaban J connectivity index is 1.02. The number of rotatable bonds is 7. The van der Waals surface area contributed by atoms with Gasteiger partial charge in [-0.15, -0.1) is 0 Å². The number of hydrogen-bond acceptors (Lipinski definition) is 2. The molecule has 3 heteroatoms. The quantitative estimate of drug-likeness (QED) is 0.183. The number of furan rings is 1. The Morgan fingerprint density at radius 2 is 1.25 bits per heavy atom. The van der Waals surface area contributed by atoms with Crippen molar-refractivity contribution >= 4 is 60.2 Å². The van der Waals surface area contributed by atoms with Crippen LogP contribution in [0.25, 0.3) is 82.5 Å². The largest absolute Gasteiger partial charge is 0.455 e. The van der Waals surface area contributed by atoms with Crippen molar-refractivity contribution in [3.8, 4) is 27.9 Å². The lowest BCUT2D eigenvalue weighted by Gasteiger charge is -2.15. The van der Waals surface area contributed by atoms with Crippen molar-refractivity contribution in [2.75, 3.05) is 5.32 Å². The minimum atomic E-state index is 0.796. The number of nitrogens with one attached hydrogen (secondary N) is 1. The van der Waals surface area contributed by atoms with Gasteiger partial charge in [-0.25, -0.2) is 0 Å². The fourth-order valence-electron chi connectivity index (χ4n) is 7.92. The second-order valence-corrected chi connectivity index (χ2v) is 13.3. The zero-order chi connectivity index (χ0) is 34.4. The molecule has 0 unspecified atom stereocenters. The van der Waals surface area contributed by atoms with Crippen LogP contribution in [0.1, 0.15) is 5.56 Å². The maximum absolute atomic E-state index is 6.35. The molecule has 0 aliphatic heterocycles. The smallest absolute Gasteiger partial charge is 0.143 e. The molecular weight excluding hydrogens is 633 g/mol. The Bertz CT molecular complexity index is 2960. The molecule has 3 nitrogen and oxygen atoms in total. The van der Waals surface area contributed by atoms with Crippen molar-refractivity contribution in [3.63, 3.8) is 0 Å². The Morgan fingerprint density at radius 1 is 0.538 bits per heavy atom. The monoisotopic (exact) mass is 666 g/mol. The topological polar surface area (TPSA) is 30.1 Å². The molecule has 8 aromatic carbocycles. The first-order chi connectivity index (χ1) is 25.8. The minimum absolute atomic E-state index is 0.796. The molecule has 10 rings (SSSR count). The van der Waals surface area contributed by atoms with Gasteiger partial charge in [0.25, 0.3) is 0 Å². The van der Waals surface area contributed by atoms with Crippen molar-refractivity contribution in [3.05, 3.63) is 194 Å². The molecule has 0 bridgehead atoms. The zero-order valence-corrected chi connectivity index (χ0v) is 28.5. The van der Waals surface area contributed by atoms with Gasteiger partial charge in [0, 0.05) is 49.4 Å². The maximum Gasteiger partial charge on any atom is 0.143 e. The van der Waals surface area contributed by atoms with E-state index in [1.807, 2.05) is 12.1 Å². The molecule has 0 aliphatic carbocycles. The lowest BCUT2D eigenvalue weighted by atomic mass is 9.94. The Morgan fingerprint density at radius 3 is 2.17 bits per heavy atom. The Labute approximate surface area is 301 Å². The molecule has 0 saturated heterocycles. The summed E-state index contributed by atoms with van der Waals surface area (Å²) >= 11 is 0. The number of anilines is 1. The number of benzene rings is 8. The van der Waals surface area contributed by atoms with E-state index >= 15 is 0 Å². The van der Waals surface area contributed by atoms with Gasteiger partial charge in [0.05, 0.1) is 11.0 Å². The van der Waals surface area contributed by atoms with Crippen LogP contribution in [0.2, 0.25) is 0 Å². The summed E-state index contributed by atoms with van der Waals surface area (Å²) < 4.78 is 8.77. The van der Waals surface area contributed by atoms with E-state index in [4.69, 9.17) is 4.42 Å². The molecule has 52 heavy (non-hydrogen) atoms. The number of hydrogen-bond donors (Lipinski definition) is 1. The van der Waals surface area contributed by atoms with Crippen LogP contribution in [0.4, 0.5) is 5.69 Å². The van der Waals surface area contributed by atoms with Crippen molar-refractivity contribution in [2.24, 2.45) is 0 Å². The summed E-state index contributed by atoms with van der Waals surface area (Å²) in [5, 5.41) is 10.9. The predicted molar refractivity (Wildman–Crippen MR) is 219 cm³/mol. The third kappa shape index (κ3) is 4.98.